The lowest BCUT2D eigenvalue weighted by molar-refractivity contribution is -0.137. The van der Waals surface area contributed by atoms with Crippen LogP contribution in [0.15, 0.2) is 29.4 Å². The van der Waals surface area contributed by atoms with Gasteiger partial charge in [0.15, 0.2) is 17.1 Å². The molecule has 0 saturated heterocycles. The van der Waals surface area contributed by atoms with E-state index in [4.69, 9.17) is 4.74 Å². The average molecular weight is 335 g/mol. The van der Waals surface area contributed by atoms with Crippen LogP contribution in [0.25, 0.3) is 0 Å². The zero-order valence-electron chi connectivity index (χ0n) is 13.8. The lowest BCUT2D eigenvalue weighted by Gasteiger charge is -2.15. The molecule has 0 aliphatic heterocycles. The third-order valence-electron chi connectivity index (χ3n) is 3.27. The summed E-state index contributed by atoms with van der Waals surface area (Å²) in [5.74, 6) is 1.46. The Morgan fingerprint density at radius 3 is 2.83 bits per heavy atom. The van der Waals surface area contributed by atoms with Crippen molar-refractivity contribution in [2.24, 2.45) is 0 Å². The number of aryl methyl sites for hydroxylation is 1. The van der Waals surface area contributed by atoms with Crippen molar-refractivity contribution in [3.05, 3.63) is 35.7 Å². The molecule has 0 saturated carbocycles. The Kier molecular flexibility index (Phi) is 6.04. The van der Waals surface area contributed by atoms with Gasteiger partial charge in [-0.2, -0.15) is 0 Å². The van der Waals surface area contributed by atoms with Crippen molar-refractivity contribution >= 4 is 17.7 Å². The second-order valence-corrected chi connectivity index (χ2v) is 5.97. The first-order chi connectivity index (χ1) is 11.0. The summed E-state index contributed by atoms with van der Waals surface area (Å²) < 4.78 is 12.6. The van der Waals surface area contributed by atoms with Crippen molar-refractivity contribution in [1.29, 1.82) is 0 Å². The van der Waals surface area contributed by atoms with E-state index in [1.165, 1.54) is 18.9 Å². The first kappa shape index (κ1) is 17.3. The van der Waals surface area contributed by atoms with Crippen LogP contribution in [0.2, 0.25) is 0 Å². The van der Waals surface area contributed by atoms with Crippen molar-refractivity contribution in [1.82, 2.24) is 14.8 Å². The molecule has 1 heterocycles. The Morgan fingerprint density at radius 1 is 1.39 bits per heavy atom. The molecule has 0 aliphatic carbocycles. The Balaban J connectivity index is 2.12. The van der Waals surface area contributed by atoms with Gasteiger partial charge in [-0.1, -0.05) is 23.9 Å². The highest BCUT2D eigenvalue weighted by Crippen LogP contribution is 2.25. The van der Waals surface area contributed by atoms with E-state index in [9.17, 15) is 4.79 Å². The van der Waals surface area contributed by atoms with Gasteiger partial charge in [-0.25, -0.2) is 0 Å². The molecule has 1 aromatic carbocycles. The maximum absolute atomic E-state index is 11.3. The van der Waals surface area contributed by atoms with E-state index in [0.717, 1.165) is 17.1 Å². The Morgan fingerprint density at radius 2 is 2.17 bits per heavy atom. The SMILES string of the molecule is CCn1c(SCC(=O)OC)nnc1C(C)Oc1cccc(C)c1. The molecule has 1 aromatic heterocycles. The molecule has 1 unspecified atom stereocenters. The van der Waals surface area contributed by atoms with E-state index in [1.54, 1.807) is 0 Å². The summed E-state index contributed by atoms with van der Waals surface area (Å²) >= 11 is 1.31. The maximum Gasteiger partial charge on any atom is 0.316 e. The third-order valence-corrected chi connectivity index (χ3v) is 4.21. The van der Waals surface area contributed by atoms with Crippen LogP contribution in [0, 0.1) is 6.92 Å². The summed E-state index contributed by atoms with van der Waals surface area (Å²) in [4.78, 5) is 11.3. The topological polar surface area (TPSA) is 66.2 Å². The fourth-order valence-corrected chi connectivity index (χ4v) is 2.97. The predicted molar refractivity (Wildman–Crippen MR) is 88.7 cm³/mol. The number of aromatic nitrogens is 3. The summed E-state index contributed by atoms with van der Waals surface area (Å²) in [5.41, 5.74) is 1.14. The standard InChI is InChI=1S/C16H21N3O3S/c1-5-19-15(17-18-16(19)23-10-14(20)21-4)12(3)22-13-8-6-7-11(2)9-13/h6-9,12H,5,10H2,1-4H3. The first-order valence-corrected chi connectivity index (χ1v) is 8.39. The molecule has 2 aromatic rings. The zero-order chi connectivity index (χ0) is 16.8. The summed E-state index contributed by atoms with van der Waals surface area (Å²) in [7, 11) is 1.37. The van der Waals surface area contributed by atoms with E-state index in [1.807, 2.05) is 49.6 Å². The highest BCUT2D eigenvalue weighted by molar-refractivity contribution is 7.99. The Hall–Kier alpha value is -2.02. The highest BCUT2D eigenvalue weighted by atomic mass is 32.2. The van der Waals surface area contributed by atoms with Gasteiger partial charge in [0.05, 0.1) is 12.9 Å². The largest absolute Gasteiger partial charge is 0.483 e. The second kappa shape index (κ2) is 8.01. The van der Waals surface area contributed by atoms with Gasteiger partial charge in [-0.3, -0.25) is 4.79 Å². The van der Waals surface area contributed by atoms with Crippen molar-refractivity contribution in [2.75, 3.05) is 12.9 Å². The normalized spacial score (nSPS) is 12.0. The predicted octanol–water partition coefficient (Wildman–Crippen LogP) is 3.01. The van der Waals surface area contributed by atoms with Crippen LogP contribution < -0.4 is 4.74 Å². The zero-order valence-corrected chi connectivity index (χ0v) is 14.6. The summed E-state index contributed by atoms with van der Waals surface area (Å²) in [6, 6.07) is 7.88. The van der Waals surface area contributed by atoms with Gasteiger partial charge in [-0.15, -0.1) is 10.2 Å². The monoisotopic (exact) mass is 335 g/mol. The number of methoxy groups -OCH3 is 1. The molecule has 2 rings (SSSR count). The van der Waals surface area contributed by atoms with Crippen LogP contribution in [-0.2, 0) is 16.1 Å². The molecular weight excluding hydrogens is 314 g/mol. The van der Waals surface area contributed by atoms with Crippen LogP contribution >= 0.6 is 11.8 Å². The van der Waals surface area contributed by atoms with E-state index >= 15 is 0 Å². The number of thioether (sulfide) groups is 1. The molecule has 0 radical (unpaired) electrons. The molecular formula is C16H21N3O3S. The number of hydrogen-bond acceptors (Lipinski definition) is 6. The highest BCUT2D eigenvalue weighted by Gasteiger charge is 2.19. The van der Waals surface area contributed by atoms with Gasteiger partial charge < -0.3 is 14.0 Å². The minimum Gasteiger partial charge on any atom is -0.483 e. The van der Waals surface area contributed by atoms with Crippen molar-refractivity contribution in [2.45, 2.75) is 38.6 Å². The van der Waals surface area contributed by atoms with Gasteiger partial charge in [0.25, 0.3) is 0 Å². The average Bonchev–Trinajstić information content (AvgIpc) is 2.95. The molecule has 0 bridgehead atoms. The lowest BCUT2D eigenvalue weighted by atomic mass is 10.2. The smallest absolute Gasteiger partial charge is 0.316 e. The fourth-order valence-electron chi connectivity index (χ4n) is 2.13. The molecule has 23 heavy (non-hydrogen) atoms. The quantitative estimate of drug-likeness (QED) is 0.572. The molecule has 7 heteroatoms. The number of carbonyl (C=O) groups is 1. The Labute approximate surface area is 140 Å². The van der Waals surface area contributed by atoms with Crippen LogP contribution in [-0.4, -0.2) is 33.6 Å². The number of carbonyl (C=O) groups excluding carboxylic acids is 1. The second-order valence-electron chi connectivity index (χ2n) is 5.03. The number of rotatable bonds is 7. The van der Waals surface area contributed by atoms with E-state index in [0.29, 0.717) is 11.7 Å². The molecule has 0 N–H and O–H groups in total. The van der Waals surface area contributed by atoms with E-state index in [-0.39, 0.29) is 17.8 Å². The number of ether oxygens (including phenoxy) is 2. The number of benzene rings is 1. The minimum atomic E-state index is -0.286. The van der Waals surface area contributed by atoms with Crippen LogP contribution in [0.5, 0.6) is 5.75 Å². The number of hydrogen-bond donors (Lipinski definition) is 0. The van der Waals surface area contributed by atoms with Gasteiger partial charge >= 0.3 is 5.97 Å². The fraction of sp³-hybridized carbons (Fsp3) is 0.438. The third kappa shape index (κ3) is 4.48. The van der Waals surface area contributed by atoms with Gasteiger partial charge in [0, 0.05) is 6.54 Å². The maximum atomic E-state index is 11.3. The van der Waals surface area contributed by atoms with Gasteiger partial charge in [-0.05, 0) is 38.5 Å². The van der Waals surface area contributed by atoms with E-state index in [2.05, 4.69) is 14.9 Å². The molecule has 0 spiro atoms. The summed E-state index contributed by atoms with van der Waals surface area (Å²) in [6.07, 6.45) is -0.239. The minimum absolute atomic E-state index is 0.210. The summed E-state index contributed by atoms with van der Waals surface area (Å²) in [6.45, 7) is 6.67. The molecule has 0 aliphatic rings. The Bertz CT molecular complexity index is 672. The molecule has 124 valence electrons. The van der Waals surface area contributed by atoms with Gasteiger partial charge in [0.2, 0.25) is 0 Å². The molecule has 0 fully saturated rings. The number of nitrogens with zero attached hydrogens (tertiary/aromatic N) is 3. The lowest BCUT2D eigenvalue weighted by Crippen LogP contribution is -2.12. The van der Waals surface area contributed by atoms with Gasteiger partial charge in [0.1, 0.15) is 5.75 Å². The number of esters is 1. The summed E-state index contributed by atoms with van der Waals surface area (Å²) in [5, 5.41) is 9.07. The molecule has 1 atom stereocenters. The van der Waals surface area contributed by atoms with Crippen LogP contribution in [0.4, 0.5) is 0 Å². The molecule has 6 nitrogen and oxygen atoms in total. The van der Waals surface area contributed by atoms with Crippen molar-refractivity contribution < 1.29 is 14.3 Å². The first-order valence-electron chi connectivity index (χ1n) is 7.41. The van der Waals surface area contributed by atoms with Crippen LogP contribution in [0.1, 0.15) is 31.3 Å². The van der Waals surface area contributed by atoms with Crippen molar-refractivity contribution in [3.8, 4) is 5.75 Å². The van der Waals surface area contributed by atoms with Crippen LogP contribution in [0.3, 0.4) is 0 Å². The molecule has 0 amide bonds. The van der Waals surface area contributed by atoms with Crippen molar-refractivity contribution in [3.63, 3.8) is 0 Å². The van der Waals surface area contributed by atoms with E-state index < -0.39 is 0 Å².